The lowest BCUT2D eigenvalue weighted by Gasteiger charge is -2.28. The number of ether oxygens (including phenoxy) is 1. The van der Waals surface area contributed by atoms with E-state index in [0.717, 1.165) is 49.0 Å². The Morgan fingerprint density at radius 1 is 1.03 bits per heavy atom. The van der Waals surface area contributed by atoms with Crippen LogP contribution < -0.4 is 10.1 Å². The van der Waals surface area contributed by atoms with Gasteiger partial charge in [-0.25, -0.2) is 0 Å². The number of hydrogen-bond donors (Lipinski definition) is 1. The Morgan fingerprint density at radius 3 is 2.42 bits per heavy atom. The van der Waals surface area contributed by atoms with Crippen molar-refractivity contribution in [3.63, 3.8) is 0 Å². The number of benzene rings is 2. The second-order valence-corrected chi connectivity index (χ2v) is 9.54. The molecule has 3 aromatic rings. The molecule has 7 nitrogen and oxygen atoms in total. The van der Waals surface area contributed by atoms with Crippen molar-refractivity contribution in [1.29, 1.82) is 0 Å². The number of carbonyl (C=O) groups is 2. The minimum atomic E-state index is -0.297. The van der Waals surface area contributed by atoms with Gasteiger partial charge in [0.15, 0.2) is 11.5 Å². The van der Waals surface area contributed by atoms with Crippen LogP contribution >= 0.6 is 0 Å². The third-order valence-electron chi connectivity index (χ3n) is 6.81. The number of methoxy groups -OCH3 is 1. The molecule has 1 heterocycles. The summed E-state index contributed by atoms with van der Waals surface area (Å²) in [5.74, 6) is 1.23. The maximum Gasteiger partial charge on any atom is 0.273 e. The molecule has 0 radical (unpaired) electrons. The van der Waals surface area contributed by atoms with Gasteiger partial charge in [0, 0.05) is 25.1 Å². The highest BCUT2D eigenvalue weighted by atomic mass is 16.5. The number of amides is 2. The highest BCUT2D eigenvalue weighted by molar-refractivity contribution is 5.92. The molecular formula is C29H35N3O4. The van der Waals surface area contributed by atoms with Crippen LogP contribution in [-0.2, 0) is 24.3 Å². The molecule has 1 aromatic heterocycles. The second-order valence-electron chi connectivity index (χ2n) is 9.54. The quantitative estimate of drug-likeness (QED) is 0.430. The summed E-state index contributed by atoms with van der Waals surface area (Å²) >= 11 is 0. The van der Waals surface area contributed by atoms with Crippen molar-refractivity contribution < 1.29 is 18.8 Å². The number of rotatable bonds is 10. The smallest absolute Gasteiger partial charge is 0.273 e. The summed E-state index contributed by atoms with van der Waals surface area (Å²) < 4.78 is 10.7. The molecule has 1 aliphatic rings. The predicted molar refractivity (Wildman–Crippen MR) is 138 cm³/mol. The van der Waals surface area contributed by atoms with Gasteiger partial charge in [0.25, 0.3) is 5.91 Å². The van der Waals surface area contributed by atoms with Crippen molar-refractivity contribution in [3.05, 3.63) is 82.7 Å². The molecule has 4 rings (SSSR count). The zero-order valence-corrected chi connectivity index (χ0v) is 21.2. The molecule has 1 aliphatic carbocycles. The minimum absolute atomic E-state index is 0.0508. The zero-order chi connectivity index (χ0) is 25.3. The van der Waals surface area contributed by atoms with E-state index in [0.29, 0.717) is 25.4 Å². The van der Waals surface area contributed by atoms with Crippen LogP contribution in [0.4, 0.5) is 0 Å². The second kappa shape index (κ2) is 12.4. The third kappa shape index (κ3) is 6.97. The molecule has 0 unspecified atom stereocenters. The third-order valence-corrected chi connectivity index (χ3v) is 6.81. The van der Waals surface area contributed by atoms with E-state index in [-0.39, 0.29) is 23.4 Å². The van der Waals surface area contributed by atoms with Gasteiger partial charge in [0.05, 0.1) is 13.7 Å². The topological polar surface area (TPSA) is 84.7 Å². The Morgan fingerprint density at radius 2 is 1.72 bits per heavy atom. The maximum atomic E-state index is 13.4. The highest BCUT2D eigenvalue weighted by Gasteiger charge is 2.27. The monoisotopic (exact) mass is 489 g/mol. The Bertz CT molecular complexity index is 1130. The van der Waals surface area contributed by atoms with Gasteiger partial charge in [-0.1, -0.05) is 66.4 Å². The van der Waals surface area contributed by atoms with Gasteiger partial charge in [-0.05, 0) is 49.4 Å². The van der Waals surface area contributed by atoms with E-state index in [2.05, 4.69) is 10.5 Å². The first kappa shape index (κ1) is 25.5. The molecule has 2 aromatic carbocycles. The van der Waals surface area contributed by atoms with E-state index in [9.17, 15) is 9.59 Å². The van der Waals surface area contributed by atoms with Crippen molar-refractivity contribution >= 4 is 11.8 Å². The summed E-state index contributed by atoms with van der Waals surface area (Å²) in [5, 5.41) is 6.85. The first-order chi connectivity index (χ1) is 17.5. The fraction of sp³-hybridized carbons (Fsp3) is 0.414. The Labute approximate surface area is 212 Å². The van der Waals surface area contributed by atoms with Crippen LogP contribution in [-0.4, -0.2) is 35.5 Å². The lowest BCUT2D eigenvalue weighted by atomic mass is 9.88. The van der Waals surface area contributed by atoms with Gasteiger partial charge < -0.3 is 19.5 Å². The van der Waals surface area contributed by atoms with E-state index in [1.807, 2.05) is 60.4 Å². The van der Waals surface area contributed by atoms with Crippen LogP contribution in [0.25, 0.3) is 0 Å². The summed E-state index contributed by atoms with van der Waals surface area (Å²) in [4.78, 5) is 27.9. The van der Waals surface area contributed by atoms with Crippen LogP contribution in [0.5, 0.6) is 5.75 Å². The highest BCUT2D eigenvalue weighted by Crippen LogP contribution is 2.26. The largest absolute Gasteiger partial charge is 0.497 e. The SMILES string of the molecule is COc1ccc(CCN(Cc2cc(C(=O)NCc3ccc(C)cc3)no2)C(=O)C2CCCCC2)cc1. The summed E-state index contributed by atoms with van der Waals surface area (Å²) in [6, 6.07) is 17.5. The average Bonchev–Trinajstić information content (AvgIpc) is 3.39. The van der Waals surface area contributed by atoms with Crippen LogP contribution in [0.3, 0.4) is 0 Å². The Kier molecular flexibility index (Phi) is 8.76. The van der Waals surface area contributed by atoms with E-state index in [1.165, 1.54) is 12.0 Å². The summed E-state index contributed by atoms with van der Waals surface area (Å²) in [6.45, 7) is 3.30. The molecule has 2 amide bonds. The van der Waals surface area contributed by atoms with Gasteiger partial charge >= 0.3 is 0 Å². The maximum absolute atomic E-state index is 13.4. The van der Waals surface area contributed by atoms with E-state index < -0.39 is 0 Å². The molecule has 7 heteroatoms. The zero-order valence-electron chi connectivity index (χ0n) is 21.2. The molecule has 1 saturated carbocycles. The molecule has 0 aliphatic heterocycles. The van der Waals surface area contributed by atoms with Gasteiger partial charge in [-0.15, -0.1) is 0 Å². The van der Waals surface area contributed by atoms with E-state index >= 15 is 0 Å². The molecule has 0 bridgehead atoms. The molecule has 0 spiro atoms. The standard InChI is InChI=1S/C29H35N3O4/c1-21-8-10-23(11-9-21)19-30-28(33)27-18-26(36-31-27)20-32(29(34)24-6-4-3-5-7-24)17-16-22-12-14-25(35-2)15-13-22/h8-15,18,24H,3-7,16-17,19-20H2,1-2H3,(H,30,33). The summed E-state index contributed by atoms with van der Waals surface area (Å²) in [6.07, 6.45) is 5.97. The van der Waals surface area contributed by atoms with Crippen molar-refractivity contribution in [3.8, 4) is 5.75 Å². The molecule has 0 saturated heterocycles. The first-order valence-corrected chi connectivity index (χ1v) is 12.7. The van der Waals surface area contributed by atoms with Gasteiger partial charge in [-0.2, -0.15) is 0 Å². The first-order valence-electron chi connectivity index (χ1n) is 12.7. The molecule has 0 atom stereocenters. The molecular weight excluding hydrogens is 454 g/mol. The molecule has 1 fully saturated rings. The lowest BCUT2D eigenvalue weighted by molar-refractivity contribution is -0.137. The summed E-state index contributed by atoms with van der Waals surface area (Å²) in [7, 11) is 1.65. The van der Waals surface area contributed by atoms with Crippen molar-refractivity contribution in [2.24, 2.45) is 5.92 Å². The summed E-state index contributed by atoms with van der Waals surface area (Å²) in [5.41, 5.74) is 3.54. The molecule has 1 N–H and O–H groups in total. The number of aromatic nitrogens is 1. The van der Waals surface area contributed by atoms with Gasteiger partial charge in [0.2, 0.25) is 5.91 Å². The van der Waals surface area contributed by atoms with Gasteiger partial charge in [-0.3, -0.25) is 9.59 Å². The Balaban J connectivity index is 1.39. The average molecular weight is 490 g/mol. The van der Waals surface area contributed by atoms with Crippen molar-refractivity contribution in [1.82, 2.24) is 15.4 Å². The fourth-order valence-corrected chi connectivity index (χ4v) is 4.59. The van der Waals surface area contributed by atoms with E-state index in [4.69, 9.17) is 9.26 Å². The normalized spacial score (nSPS) is 13.8. The molecule has 36 heavy (non-hydrogen) atoms. The Hall–Kier alpha value is -3.61. The number of carbonyl (C=O) groups excluding carboxylic acids is 2. The van der Waals surface area contributed by atoms with Crippen LogP contribution in [0, 0.1) is 12.8 Å². The number of nitrogens with one attached hydrogen (secondary N) is 1. The lowest BCUT2D eigenvalue weighted by Crippen LogP contribution is -2.37. The van der Waals surface area contributed by atoms with Gasteiger partial charge in [0.1, 0.15) is 5.75 Å². The molecule has 190 valence electrons. The van der Waals surface area contributed by atoms with Crippen molar-refractivity contribution in [2.45, 2.75) is 58.5 Å². The number of nitrogens with zero attached hydrogens (tertiary/aromatic N) is 2. The number of hydrogen-bond acceptors (Lipinski definition) is 5. The minimum Gasteiger partial charge on any atom is -0.497 e. The van der Waals surface area contributed by atoms with Crippen molar-refractivity contribution in [2.75, 3.05) is 13.7 Å². The number of aryl methyl sites for hydroxylation is 1. The predicted octanol–water partition coefficient (Wildman–Crippen LogP) is 5.07. The van der Waals surface area contributed by atoms with E-state index in [1.54, 1.807) is 13.2 Å². The van der Waals surface area contributed by atoms with Crippen LogP contribution in [0.1, 0.15) is 65.0 Å². The van der Waals surface area contributed by atoms with Crippen LogP contribution in [0.2, 0.25) is 0 Å². The fourth-order valence-electron chi connectivity index (χ4n) is 4.59. The van der Waals surface area contributed by atoms with Crippen LogP contribution in [0.15, 0.2) is 59.1 Å².